The zero-order chi connectivity index (χ0) is 25.2. The summed E-state index contributed by atoms with van der Waals surface area (Å²) in [4.78, 5) is 25.0. The molecular formula is C24H21F4N5O2. The Morgan fingerprint density at radius 1 is 1.03 bits per heavy atom. The van der Waals surface area contributed by atoms with E-state index in [9.17, 15) is 27.2 Å². The quantitative estimate of drug-likeness (QED) is 0.397. The van der Waals surface area contributed by atoms with Crippen LogP contribution >= 0.6 is 0 Å². The average Bonchev–Trinajstić information content (AvgIpc) is 3.27. The SMILES string of the molecule is Cc1nn(CCCC(=O)NCc2ccc(C(F)(F)F)cc2)c(=O)c2nn(-c3ccc(F)cc3)cc12. The number of nitrogens with zero attached hydrogens (tertiary/aromatic N) is 4. The van der Waals surface area contributed by atoms with Crippen LogP contribution in [0.4, 0.5) is 17.6 Å². The first-order valence-corrected chi connectivity index (χ1v) is 10.8. The van der Waals surface area contributed by atoms with Gasteiger partial charge in [0.25, 0.3) is 5.56 Å². The lowest BCUT2D eigenvalue weighted by Gasteiger charge is -2.09. The van der Waals surface area contributed by atoms with Crippen LogP contribution in [-0.2, 0) is 24.1 Å². The molecule has 0 fully saturated rings. The number of carbonyl (C=O) groups is 1. The van der Waals surface area contributed by atoms with Crippen molar-refractivity contribution in [3.8, 4) is 5.69 Å². The normalized spacial score (nSPS) is 11.7. The third kappa shape index (κ3) is 5.56. The first kappa shape index (κ1) is 24.1. The lowest BCUT2D eigenvalue weighted by molar-refractivity contribution is -0.137. The minimum Gasteiger partial charge on any atom is -0.352 e. The molecule has 2 heterocycles. The maximum atomic E-state index is 13.2. The minimum atomic E-state index is -4.41. The summed E-state index contributed by atoms with van der Waals surface area (Å²) in [6.45, 7) is 2.03. The predicted octanol–water partition coefficient (Wildman–Crippen LogP) is 4.15. The van der Waals surface area contributed by atoms with E-state index in [0.717, 1.165) is 12.1 Å². The lowest BCUT2D eigenvalue weighted by Crippen LogP contribution is -2.26. The fraction of sp³-hybridized carbons (Fsp3) is 0.250. The molecule has 4 rings (SSSR count). The van der Waals surface area contributed by atoms with E-state index in [1.807, 2.05) is 0 Å². The maximum absolute atomic E-state index is 13.2. The fourth-order valence-corrected chi connectivity index (χ4v) is 3.57. The first-order chi connectivity index (χ1) is 16.6. The van der Waals surface area contributed by atoms with Crippen molar-refractivity contribution in [1.29, 1.82) is 0 Å². The van der Waals surface area contributed by atoms with Crippen molar-refractivity contribution < 1.29 is 22.4 Å². The van der Waals surface area contributed by atoms with Gasteiger partial charge in [-0.05, 0) is 55.3 Å². The summed E-state index contributed by atoms with van der Waals surface area (Å²) in [5.41, 5.74) is 0.782. The molecule has 7 nitrogen and oxygen atoms in total. The minimum absolute atomic E-state index is 0.0983. The van der Waals surface area contributed by atoms with E-state index in [0.29, 0.717) is 28.8 Å². The summed E-state index contributed by atoms with van der Waals surface area (Å²) < 4.78 is 53.8. The van der Waals surface area contributed by atoms with Crippen LogP contribution in [0.5, 0.6) is 0 Å². The van der Waals surface area contributed by atoms with Gasteiger partial charge in [0, 0.05) is 31.1 Å². The van der Waals surface area contributed by atoms with Crippen LogP contribution in [-0.4, -0.2) is 25.5 Å². The van der Waals surface area contributed by atoms with Crippen LogP contribution in [0.25, 0.3) is 16.6 Å². The molecule has 0 radical (unpaired) electrons. The second kappa shape index (κ2) is 9.69. The van der Waals surface area contributed by atoms with E-state index in [4.69, 9.17) is 0 Å². The number of aryl methyl sites for hydroxylation is 2. The van der Waals surface area contributed by atoms with Crippen LogP contribution in [0.3, 0.4) is 0 Å². The van der Waals surface area contributed by atoms with Crippen LogP contribution in [0.15, 0.2) is 59.5 Å². The molecule has 0 saturated carbocycles. The van der Waals surface area contributed by atoms with E-state index < -0.39 is 17.3 Å². The van der Waals surface area contributed by atoms with Gasteiger partial charge in [-0.15, -0.1) is 0 Å². The molecule has 1 amide bonds. The molecule has 0 bridgehead atoms. The van der Waals surface area contributed by atoms with Gasteiger partial charge in [0.05, 0.1) is 16.9 Å². The average molecular weight is 487 g/mol. The van der Waals surface area contributed by atoms with Gasteiger partial charge in [-0.1, -0.05) is 12.1 Å². The molecular weight excluding hydrogens is 466 g/mol. The fourth-order valence-electron chi connectivity index (χ4n) is 3.57. The number of fused-ring (bicyclic) bond motifs is 1. The van der Waals surface area contributed by atoms with E-state index in [1.165, 1.54) is 33.6 Å². The van der Waals surface area contributed by atoms with Gasteiger partial charge < -0.3 is 5.32 Å². The molecule has 0 spiro atoms. The topological polar surface area (TPSA) is 81.8 Å². The second-order valence-corrected chi connectivity index (χ2v) is 8.00. The summed E-state index contributed by atoms with van der Waals surface area (Å²) in [6, 6.07) is 10.3. The molecule has 4 aromatic rings. The number of alkyl halides is 3. The van der Waals surface area contributed by atoms with Crippen LogP contribution in [0.2, 0.25) is 0 Å². The molecule has 2 aromatic carbocycles. The van der Waals surface area contributed by atoms with Crippen LogP contribution < -0.4 is 10.9 Å². The number of benzene rings is 2. The highest BCUT2D eigenvalue weighted by Crippen LogP contribution is 2.29. The highest BCUT2D eigenvalue weighted by molar-refractivity contribution is 5.79. The Morgan fingerprint density at radius 3 is 2.37 bits per heavy atom. The van der Waals surface area contributed by atoms with Crippen molar-refractivity contribution in [3.05, 3.63) is 87.7 Å². The lowest BCUT2D eigenvalue weighted by atomic mass is 10.1. The number of hydrogen-bond donors (Lipinski definition) is 1. The van der Waals surface area contributed by atoms with E-state index in [-0.39, 0.29) is 36.8 Å². The highest BCUT2D eigenvalue weighted by Gasteiger charge is 2.29. The Kier molecular flexibility index (Phi) is 6.68. The summed E-state index contributed by atoms with van der Waals surface area (Å²) in [5.74, 6) is -0.676. The molecule has 0 saturated heterocycles. The summed E-state index contributed by atoms with van der Waals surface area (Å²) >= 11 is 0. The van der Waals surface area contributed by atoms with Gasteiger partial charge in [0.15, 0.2) is 5.52 Å². The Labute approximate surface area is 197 Å². The summed E-state index contributed by atoms with van der Waals surface area (Å²) in [5, 5.41) is 11.9. The Hall–Kier alpha value is -4.02. The molecule has 182 valence electrons. The highest BCUT2D eigenvalue weighted by atomic mass is 19.4. The smallest absolute Gasteiger partial charge is 0.352 e. The number of aromatic nitrogens is 4. The third-order valence-corrected chi connectivity index (χ3v) is 5.45. The Bertz CT molecular complexity index is 1410. The van der Waals surface area contributed by atoms with Gasteiger partial charge in [-0.2, -0.15) is 23.4 Å². The molecule has 35 heavy (non-hydrogen) atoms. The number of carbonyl (C=O) groups excluding carboxylic acids is 1. The van der Waals surface area contributed by atoms with Crippen LogP contribution in [0, 0.1) is 12.7 Å². The number of rotatable bonds is 7. The molecule has 0 aliphatic heterocycles. The zero-order valence-corrected chi connectivity index (χ0v) is 18.6. The van der Waals surface area contributed by atoms with Gasteiger partial charge in [-0.25, -0.2) is 13.8 Å². The van der Waals surface area contributed by atoms with Gasteiger partial charge in [0.2, 0.25) is 5.91 Å². The molecule has 0 aliphatic rings. The largest absolute Gasteiger partial charge is 0.416 e. The molecule has 11 heteroatoms. The van der Waals surface area contributed by atoms with Gasteiger partial charge in [0.1, 0.15) is 5.82 Å². The summed E-state index contributed by atoms with van der Waals surface area (Å²) in [7, 11) is 0. The molecule has 2 aromatic heterocycles. The van der Waals surface area contributed by atoms with Gasteiger partial charge in [-0.3, -0.25) is 9.59 Å². The number of hydrogen-bond acceptors (Lipinski definition) is 4. The number of nitrogens with one attached hydrogen (secondary N) is 1. The number of halogens is 4. The van der Waals surface area contributed by atoms with E-state index in [2.05, 4.69) is 15.5 Å². The second-order valence-electron chi connectivity index (χ2n) is 8.00. The molecule has 1 N–H and O–H groups in total. The Balaban J connectivity index is 1.36. The monoisotopic (exact) mass is 487 g/mol. The van der Waals surface area contributed by atoms with Crippen molar-refractivity contribution in [1.82, 2.24) is 24.9 Å². The van der Waals surface area contributed by atoms with E-state index >= 15 is 0 Å². The Morgan fingerprint density at radius 2 is 1.71 bits per heavy atom. The third-order valence-electron chi connectivity index (χ3n) is 5.45. The number of amides is 1. The van der Waals surface area contributed by atoms with Crippen molar-refractivity contribution in [3.63, 3.8) is 0 Å². The van der Waals surface area contributed by atoms with Crippen molar-refractivity contribution in [2.75, 3.05) is 0 Å². The van der Waals surface area contributed by atoms with Crippen molar-refractivity contribution in [2.24, 2.45) is 0 Å². The van der Waals surface area contributed by atoms with Crippen LogP contribution in [0.1, 0.15) is 29.7 Å². The van der Waals surface area contributed by atoms with Crippen molar-refractivity contribution >= 4 is 16.8 Å². The molecule has 0 unspecified atom stereocenters. The maximum Gasteiger partial charge on any atom is 0.416 e. The standard InChI is InChI=1S/C24H21F4N5O2/c1-15-20-14-33(19-10-8-18(25)9-11-19)31-22(20)23(35)32(30-15)12-2-3-21(34)29-13-16-4-6-17(7-5-16)24(26,27)28/h4-11,14H,2-3,12-13H2,1H3,(H,29,34). The first-order valence-electron chi connectivity index (χ1n) is 10.8. The molecule has 0 atom stereocenters. The zero-order valence-electron chi connectivity index (χ0n) is 18.6. The van der Waals surface area contributed by atoms with E-state index in [1.54, 1.807) is 25.3 Å². The predicted molar refractivity (Wildman–Crippen MR) is 120 cm³/mol. The van der Waals surface area contributed by atoms with Crippen molar-refractivity contribution in [2.45, 2.75) is 39.0 Å². The van der Waals surface area contributed by atoms with Gasteiger partial charge >= 0.3 is 6.18 Å². The molecule has 0 aliphatic carbocycles. The summed E-state index contributed by atoms with van der Waals surface area (Å²) in [6.07, 6.45) is -2.31.